The summed E-state index contributed by atoms with van der Waals surface area (Å²) in [6.07, 6.45) is 5.29. The standard InChI is InChI=1S/C31H42N8O3S/c1-5-6-16-27(29(40)33-18-17-23-19-34-25-15-11-10-14-24(23)25)43-39-37-36-28(38(39)4)26(35-30(41)31(2,3)32)21-42-20-22-12-8-7-9-13-22/h7-15,19,26-27,34H,5-6,16-18,20-21,32H2,1-4H3,(H-,33,35,40,41)/p+1/t26-,27?/m1/s1. The van der Waals surface area contributed by atoms with Gasteiger partial charge in [-0.15, -0.1) is 0 Å². The van der Waals surface area contributed by atoms with Crippen molar-refractivity contribution >= 4 is 34.7 Å². The summed E-state index contributed by atoms with van der Waals surface area (Å²) in [6, 6.07) is 17.4. The Bertz CT molecular complexity index is 1480. The molecular formula is C31H43N8O3S+. The topological polar surface area (TPSA) is 144 Å². The first kappa shape index (κ1) is 32.2. The minimum absolute atomic E-state index is 0.0451. The first-order valence-electron chi connectivity index (χ1n) is 14.7. The summed E-state index contributed by atoms with van der Waals surface area (Å²) in [5, 5.41) is 15.6. The van der Waals surface area contributed by atoms with Crippen LogP contribution in [0, 0.1) is 0 Å². The van der Waals surface area contributed by atoms with Gasteiger partial charge in [-0.25, -0.2) is 0 Å². The summed E-state index contributed by atoms with van der Waals surface area (Å²) in [5.74, 6) is 0.113. The average Bonchev–Trinajstić information content (AvgIpc) is 3.57. The number of amides is 2. The highest BCUT2D eigenvalue weighted by Crippen LogP contribution is 2.20. The van der Waals surface area contributed by atoms with Crippen molar-refractivity contribution in [1.82, 2.24) is 30.1 Å². The Morgan fingerprint density at radius 2 is 1.91 bits per heavy atom. The molecule has 0 spiro atoms. The monoisotopic (exact) mass is 607 g/mol. The normalized spacial score (nSPS) is 13.1. The number of carbonyl (C=O) groups excluding carboxylic acids is 2. The van der Waals surface area contributed by atoms with Gasteiger partial charge in [0.25, 0.3) is 0 Å². The molecule has 0 saturated carbocycles. The van der Waals surface area contributed by atoms with Crippen molar-refractivity contribution in [2.24, 2.45) is 12.8 Å². The van der Waals surface area contributed by atoms with Crippen LogP contribution in [0.2, 0.25) is 0 Å². The van der Waals surface area contributed by atoms with Gasteiger partial charge in [-0.3, -0.25) is 9.59 Å². The maximum absolute atomic E-state index is 13.3. The van der Waals surface area contributed by atoms with Crippen molar-refractivity contribution in [2.45, 2.75) is 69.9 Å². The molecule has 230 valence electrons. The van der Waals surface area contributed by atoms with Gasteiger partial charge >= 0.3 is 5.82 Å². The lowest BCUT2D eigenvalue weighted by molar-refractivity contribution is -0.748. The second-order valence-electron chi connectivity index (χ2n) is 11.2. The lowest BCUT2D eigenvalue weighted by Crippen LogP contribution is -2.53. The molecule has 43 heavy (non-hydrogen) atoms. The fraction of sp³-hybridized carbons (Fsp3) is 0.452. The molecule has 2 aromatic heterocycles. The van der Waals surface area contributed by atoms with E-state index < -0.39 is 11.6 Å². The van der Waals surface area contributed by atoms with Crippen molar-refractivity contribution < 1.29 is 19.0 Å². The van der Waals surface area contributed by atoms with Gasteiger partial charge in [-0.2, -0.15) is 4.68 Å². The van der Waals surface area contributed by atoms with Gasteiger partial charge in [0.15, 0.2) is 5.21 Å². The van der Waals surface area contributed by atoms with E-state index in [2.05, 4.69) is 38.9 Å². The van der Waals surface area contributed by atoms with Crippen LogP contribution < -0.4 is 21.0 Å². The molecule has 2 aromatic carbocycles. The molecule has 1 unspecified atom stereocenters. The molecule has 5 N–H and O–H groups in total. The number of benzene rings is 2. The fourth-order valence-electron chi connectivity index (χ4n) is 4.58. The number of hydrogen-bond donors (Lipinski definition) is 4. The number of para-hydroxylation sites is 1. The van der Waals surface area contributed by atoms with Gasteiger partial charge in [-0.1, -0.05) is 68.3 Å². The number of tetrazole rings is 1. The Morgan fingerprint density at radius 1 is 1.16 bits per heavy atom. The first-order valence-corrected chi connectivity index (χ1v) is 15.5. The summed E-state index contributed by atoms with van der Waals surface area (Å²) in [5.41, 5.74) is 8.25. The van der Waals surface area contributed by atoms with Gasteiger partial charge in [0.2, 0.25) is 11.8 Å². The van der Waals surface area contributed by atoms with Crippen LogP contribution in [0.4, 0.5) is 0 Å². The van der Waals surface area contributed by atoms with Gasteiger partial charge in [0.1, 0.15) is 16.4 Å². The van der Waals surface area contributed by atoms with Crippen LogP contribution in [0.3, 0.4) is 0 Å². The molecule has 0 fully saturated rings. The molecule has 0 saturated heterocycles. The Labute approximate surface area is 257 Å². The lowest BCUT2D eigenvalue weighted by atomic mass is 10.1. The third-order valence-electron chi connectivity index (χ3n) is 7.11. The number of nitrogens with two attached hydrogens (primary N) is 1. The SMILES string of the molecule is CCCCC(Sn1nnc([C@@H](COCc2ccccc2)NC(=O)C(C)(C)N)[n+]1C)C(=O)NCCc1c[nH]c2ccccc12. The molecule has 2 amide bonds. The van der Waals surface area contributed by atoms with E-state index >= 15 is 0 Å². The molecule has 2 heterocycles. The number of nitrogens with zero attached hydrogens (tertiary/aromatic N) is 4. The Kier molecular flexibility index (Phi) is 11.3. The van der Waals surface area contributed by atoms with E-state index in [1.54, 1.807) is 29.8 Å². The van der Waals surface area contributed by atoms with Gasteiger partial charge in [-0.05, 0) is 43.9 Å². The highest BCUT2D eigenvalue weighted by atomic mass is 32.2. The molecule has 2 atom stereocenters. The van der Waals surface area contributed by atoms with Crippen LogP contribution >= 0.6 is 11.9 Å². The fourth-order valence-corrected chi connectivity index (χ4v) is 5.57. The maximum atomic E-state index is 13.3. The van der Waals surface area contributed by atoms with Crippen LogP contribution in [-0.2, 0) is 34.4 Å². The van der Waals surface area contributed by atoms with Crippen molar-refractivity contribution in [3.8, 4) is 0 Å². The van der Waals surface area contributed by atoms with Gasteiger partial charge in [0.05, 0.1) is 25.8 Å². The largest absolute Gasteiger partial charge is 0.374 e. The van der Waals surface area contributed by atoms with Crippen LogP contribution in [0.5, 0.6) is 0 Å². The van der Waals surface area contributed by atoms with E-state index in [9.17, 15) is 9.59 Å². The van der Waals surface area contributed by atoms with E-state index in [4.69, 9.17) is 10.5 Å². The molecule has 0 aliphatic carbocycles. The van der Waals surface area contributed by atoms with Gasteiger partial charge < -0.3 is 26.1 Å². The van der Waals surface area contributed by atoms with Crippen molar-refractivity contribution in [1.29, 1.82) is 0 Å². The third kappa shape index (κ3) is 8.88. The van der Waals surface area contributed by atoms with Crippen LogP contribution in [0.25, 0.3) is 10.9 Å². The number of H-pyrrole nitrogens is 1. The zero-order valence-electron chi connectivity index (χ0n) is 25.4. The van der Waals surface area contributed by atoms with Crippen LogP contribution in [0.15, 0.2) is 60.8 Å². The first-order chi connectivity index (χ1) is 20.7. The number of ether oxygens (including phenoxy) is 1. The van der Waals surface area contributed by atoms with Crippen molar-refractivity contribution in [3.05, 3.63) is 77.7 Å². The van der Waals surface area contributed by atoms with E-state index in [-0.39, 0.29) is 23.7 Å². The molecule has 0 radical (unpaired) electrons. The third-order valence-corrected chi connectivity index (χ3v) is 8.32. The molecule has 4 rings (SSSR count). The highest BCUT2D eigenvalue weighted by Gasteiger charge is 2.34. The summed E-state index contributed by atoms with van der Waals surface area (Å²) in [7, 11) is 1.80. The van der Waals surface area contributed by atoms with Crippen molar-refractivity contribution in [2.75, 3.05) is 13.2 Å². The number of hydrogen-bond acceptors (Lipinski definition) is 7. The summed E-state index contributed by atoms with van der Waals surface area (Å²) in [6.45, 7) is 6.47. The van der Waals surface area contributed by atoms with Crippen molar-refractivity contribution in [3.63, 3.8) is 0 Å². The number of carbonyl (C=O) groups is 2. The Morgan fingerprint density at radius 3 is 2.65 bits per heavy atom. The maximum Gasteiger partial charge on any atom is 0.326 e. The minimum atomic E-state index is -1.09. The summed E-state index contributed by atoms with van der Waals surface area (Å²) >= 11 is 1.31. The number of rotatable bonds is 16. The molecule has 4 aromatic rings. The smallest absolute Gasteiger partial charge is 0.326 e. The van der Waals surface area contributed by atoms with Crippen LogP contribution in [0.1, 0.15) is 63.0 Å². The van der Waals surface area contributed by atoms with E-state index in [0.717, 1.165) is 30.3 Å². The molecular weight excluding hydrogens is 564 g/mol. The molecule has 0 aliphatic heterocycles. The van der Waals surface area contributed by atoms with E-state index in [1.165, 1.54) is 22.9 Å². The second-order valence-corrected chi connectivity index (χ2v) is 12.3. The summed E-state index contributed by atoms with van der Waals surface area (Å²) < 4.78 is 9.30. The second kappa shape index (κ2) is 15.1. The van der Waals surface area contributed by atoms with E-state index in [0.29, 0.717) is 25.4 Å². The van der Waals surface area contributed by atoms with Crippen LogP contribution in [-0.4, -0.2) is 55.3 Å². The molecule has 0 bridgehead atoms. The Balaban J connectivity index is 1.43. The zero-order chi connectivity index (χ0) is 30.8. The lowest BCUT2D eigenvalue weighted by Gasteiger charge is -2.22. The molecule has 12 heteroatoms. The average molecular weight is 608 g/mol. The number of fused-ring (bicyclic) bond motifs is 1. The minimum Gasteiger partial charge on any atom is -0.374 e. The zero-order valence-corrected chi connectivity index (χ0v) is 26.2. The quantitative estimate of drug-likeness (QED) is 0.143. The highest BCUT2D eigenvalue weighted by molar-refractivity contribution is 7.98. The molecule has 11 nitrogen and oxygen atoms in total. The number of aromatic nitrogens is 5. The summed E-state index contributed by atoms with van der Waals surface area (Å²) in [4.78, 5) is 29.4. The predicted molar refractivity (Wildman–Crippen MR) is 168 cm³/mol. The number of unbranched alkanes of at least 4 members (excludes halogenated alkanes) is 1. The Hall–Kier alpha value is -3.74. The number of aromatic amines is 1. The number of nitrogens with one attached hydrogen (secondary N) is 3. The molecule has 0 aliphatic rings. The van der Waals surface area contributed by atoms with E-state index in [1.807, 2.05) is 54.7 Å². The van der Waals surface area contributed by atoms with Gasteiger partial charge in [0, 0.05) is 39.8 Å². The predicted octanol–water partition coefficient (Wildman–Crippen LogP) is 3.11.